The van der Waals surface area contributed by atoms with Crippen LogP contribution in [-0.4, -0.2) is 47.2 Å². The van der Waals surface area contributed by atoms with Gasteiger partial charge in [-0.15, -0.1) is 0 Å². The molecule has 0 aromatic heterocycles. The van der Waals surface area contributed by atoms with Crippen molar-refractivity contribution in [3.8, 4) is 5.75 Å². The maximum Gasteiger partial charge on any atom is 0.225 e. The average Bonchev–Trinajstić information content (AvgIpc) is 2.62. The Bertz CT molecular complexity index is 682. The van der Waals surface area contributed by atoms with E-state index in [9.17, 15) is 15.0 Å². The number of aliphatic hydroxyl groups excluding tert-OH is 1. The standard InChI is InChI=1S/C19H22N2O3/c22-17-8-4-7-16(13-17)20-9-11-21(12-10-20)19(24)14-18(23)15-5-2-1-3-6-15/h1-8,13,18,22-23H,9-12,14H2. The summed E-state index contributed by atoms with van der Waals surface area (Å²) in [5.74, 6) is 0.221. The molecule has 1 heterocycles. The molecule has 2 aromatic carbocycles. The van der Waals surface area contributed by atoms with Gasteiger partial charge >= 0.3 is 0 Å². The molecule has 1 aliphatic rings. The number of amides is 1. The zero-order valence-electron chi connectivity index (χ0n) is 13.5. The number of rotatable bonds is 4. The Morgan fingerprint density at radius 2 is 1.71 bits per heavy atom. The van der Waals surface area contributed by atoms with Crippen LogP contribution in [0.25, 0.3) is 0 Å². The van der Waals surface area contributed by atoms with Crippen molar-refractivity contribution >= 4 is 11.6 Å². The Kier molecular flexibility index (Phi) is 5.01. The number of aromatic hydroxyl groups is 1. The minimum atomic E-state index is -0.761. The number of nitrogens with zero attached hydrogens (tertiary/aromatic N) is 2. The topological polar surface area (TPSA) is 64.0 Å². The molecular weight excluding hydrogens is 304 g/mol. The number of anilines is 1. The van der Waals surface area contributed by atoms with Crippen molar-refractivity contribution in [1.29, 1.82) is 0 Å². The third-order valence-corrected chi connectivity index (χ3v) is 4.38. The maximum atomic E-state index is 12.4. The Labute approximate surface area is 141 Å². The lowest BCUT2D eigenvalue weighted by Crippen LogP contribution is -2.49. The number of hydrogen-bond acceptors (Lipinski definition) is 4. The van der Waals surface area contributed by atoms with E-state index in [1.54, 1.807) is 17.0 Å². The highest BCUT2D eigenvalue weighted by atomic mass is 16.3. The van der Waals surface area contributed by atoms with Gasteiger partial charge in [0.1, 0.15) is 5.75 Å². The lowest BCUT2D eigenvalue weighted by molar-refractivity contribution is -0.133. The second-order valence-corrected chi connectivity index (χ2v) is 6.02. The molecule has 0 saturated carbocycles. The average molecular weight is 326 g/mol. The third-order valence-electron chi connectivity index (χ3n) is 4.38. The Hall–Kier alpha value is -2.53. The second kappa shape index (κ2) is 7.36. The van der Waals surface area contributed by atoms with E-state index in [1.165, 1.54) is 0 Å². The largest absolute Gasteiger partial charge is 0.508 e. The van der Waals surface area contributed by atoms with E-state index in [0.717, 1.165) is 24.3 Å². The molecule has 0 spiro atoms. The first kappa shape index (κ1) is 16.3. The van der Waals surface area contributed by atoms with Gasteiger partial charge in [0.15, 0.2) is 0 Å². The molecule has 1 aliphatic heterocycles. The van der Waals surface area contributed by atoms with Gasteiger partial charge < -0.3 is 20.0 Å². The minimum absolute atomic E-state index is 0.0260. The number of piperazine rings is 1. The fourth-order valence-corrected chi connectivity index (χ4v) is 2.99. The van der Waals surface area contributed by atoms with Gasteiger partial charge in [-0.2, -0.15) is 0 Å². The molecule has 0 radical (unpaired) electrons. The van der Waals surface area contributed by atoms with E-state index in [-0.39, 0.29) is 18.1 Å². The van der Waals surface area contributed by atoms with E-state index >= 15 is 0 Å². The molecule has 1 unspecified atom stereocenters. The number of benzene rings is 2. The summed E-state index contributed by atoms with van der Waals surface area (Å²) < 4.78 is 0. The van der Waals surface area contributed by atoms with Crippen LogP contribution in [0.5, 0.6) is 5.75 Å². The van der Waals surface area contributed by atoms with Crippen LogP contribution in [0.2, 0.25) is 0 Å². The van der Waals surface area contributed by atoms with Gasteiger partial charge in [-0.25, -0.2) is 0 Å². The van der Waals surface area contributed by atoms with Crippen molar-refractivity contribution in [2.75, 3.05) is 31.1 Å². The maximum absolute atomic E-state index is 12.4. The molecule has 5 heteroatoms. The van der Waals surface area contributed by atoms with Gasteiger partial charge in [0.25, 0.3) is 0 Å². The zero-order valence-corrected chi connectivity index (χ0v) is 13.5. The molecule has 24 heavy (non-hydrogen) atoms. The predicted octanol–water partition coefficient (Wildman–Crippen LogP) is 2.16. The van der Waals surface area contributed by atoms with Crippen LogP contribution in [0.1, 0.15) is 18.1 Å². The molecule has 2 aromatic rings. The molecule has 5 nitrogen and oxygen atoms in total. The summed E-state index contributed by atoms with van der Waals surface area (Å²) in [5, 5.41) is 19.8. The van der Waals surface area contributed by atoms with Gasteiger partial charge in [0.05, 0.1) is 12.5 Å². The van der Waals surface area contributed by atoms with Crippen molar-refractivity contribution in [3.63, 3.8) is 0 Å². The predicted molar refractivity (Wildman–Crippen MR) is 92.9 cm³/mol. The number of carbonyl (C=O) groups excluding carboxylic acids is 1. The fraction of sp³-hybridized carbons (Fsp3) is 0.316. The summed E-state index contributed by atoms with van der Waals surface area (Å²) >= 11 is 0. The summed E-state index contributed by atoms with van der Waals surface area (Å²) in [5.41, 5.74) is 1.73. The highest BCUT2D eigenvalue weighted by Crippen LogP contribution is 2.22. The van der Waals surface area contributed by atoms with E-state index < -0.39 is 6.10 Å². The smallest absolute Gasteiger partial charge is 0.225 e. The Balaban J connectivity index is 1.53. The number of phenols is 1. The van der Waals surface area contributed by atoms with Crippen LogP contribution in [0.15, 0.2) is 54.6 Å². The second-order valence-electron chi connectivity index (χ2n) is 6.02. The van der Waals surface area contributed by atoms with Crippen LogP contribution in [-0.2, 0) is 4.79 Å². The van der Waals surface area contributed by atoms with Crippen molar-refractivity contribution in [2.24, 2.45) is 0 Å². The lowest BCUT2D eigenvalue weighted by Gasteiger charge is -2.36. The van der Waals surface area contributed by atoms with Crippen LogP contribution in [0, 0.1) is 0 Å². The van der Waals surface area contributed by atoms with Gasteiger partial charge in [0, 0.05) is 37.9 Å². The third kappa shape index (κ3) is 3.86. The monoisotopic (exact) mass is 326 g/mol. The van der Waals surface area contributed by atoms with Crippen LogP contribution in [0.3, 0.4) is 0 Å². The van der Waals surface area contributed by atoms with Gasteiger partial charge in [-0.1, -0.05) is 36.4 Å². The summed E-state index contributed by atoms with van der Waals surface area (Å²) in [7, 11) is 0. The molecule has 2 N–H and O–H groups in total. The van der Waals surface area contributed by atoms with E-state index in [4.69, 9.17) is 0 Å². The van der Waals surface area contributed by atoms with Crippen molar-refractivity contribution in [3.05, 3.63) is 60.2 Å². The fourth-order valence-electron chi connectivity index (χ4n) is 2.99. The summed E-state index contributed by atoms with van der Waals surface area (Å²) in [6.45, 7) is 2.68. The molecule has 1 atom stereocenters. The first-order valence-corrected chi connectivity index (χ1v) is 8.18. The normalized spacial score (nSPS) is 16.0. The van der Waals surface area contributed by atoms with Crippen LogP contribution >= 0.6 is 0 Å². The highest BCUT2D eigenvalue weighted by molar-refractivity contribution is 5.77. The first-order chi connectivity index (χ1) is 11.6. The van der Waals surface area contributed by atoms with E-state index in [1.807, 2.05) is 42.5 Å². The molecule has 126 valence electrons. The molecule has 1 amide bonds. The Morgan fingerprint density at radius 1 is 1.00 bits per heavy atom. The molecule has 0 aliphatic carbocycles. The number of phenolic OH excluding ortho intramolecular Hbond substituents is 1. The summed E-state index contributed by atoms with van der Waals surface area (Å²) in [4.78, 5) is 16.3. The van der Waals surface area contributed by atoms with Crippen molar-refractivity contribution in [2.45, 2.75) is 12.5 Å². The van der Waals surface area contributed by atoms with Crippen molar-refractivity contribution in [1.82, 2.24) is 4.90 Å². The van der Waals surface area contributed by atoms with Crippen LogP contribution in [0.4, 0.5) is 5.69 Å². The quantitative estimate of drug-likeness (QED) is 0.904. The molecule has 3 rings (SSSR count). The summed E-state index contributed by atoms with van der Waals surface area (Å²) in [6.07, 6.45) is -0.654. The lowest BCUT2D eigenvalue weighted by atomic mass is 10.1. The minimum Gasteiger partial charge on any atom is -0.508 e. The van der Waals surface area contributed by atoms with Crippen molar-refractivity contribution < 1.29 is 15.0 Å². The summed E-state index contributed by atoms with van der Waals surface area (Å²) in [6, 6.07) is 16.4. The molecule has 1 saturated heterocycles. The van der Waals surface area contributed by atoms with Gasteiger partial charge in [-0.05, 0) is 17.7 Å². The number of carbonyl (C=O) groups is 1. The first-order valence-electron chi connectivity index (χ1n) is 8.18. The Morgan fingerprint density at radius 3 is 2.38 bits per heavy atom. The SMILES string of the molecule is O=C(CC(O)c1ccccc1)N1CCN(c2cccc(O)c2)CC1. The van der Waals surface area contributed by atoms with Crippen LogP contribution < -0.4 is 4.90 Å². The molecule has 0 bridgehead atoms. The van der Waals surface area contributed by atoms with Gasteiger partial charge in [0.2, 0.25) is 5.91 Å². The van der Waals surface area contributed by atoms with E-state index in [2.05, 4.69) is 4.90 Å². The number of hydrogen-bond donors (Lipinski definition) is 2. The van der Waals surface area contributed by atoms with Gasteiger partial charge in [-0.3, -0.25) is 4.79 Å². The molecular formula is C19H22N2O3. The number of aliphatic hydroxyl groups is 1. The van der Waals surface area contributed by atoms with E-state index in [0.29, 0.717) is 13.1 Å². The molecule has 1 fully saturated rings. The zero-order chi connectivity index (χ0) is 16.9. The highest BCUT2D eigenvalue weighted by Gasteiger charge is 2.23.